The molecule has 2 aromatic rings. The summed E-state index contributed by atoms with van der Waals surface area (Å²) >= 11 is 0. The SMILES string of the molecule is Cc1noc(C)c1CNC(=O)c1cnccn1. The van der Waals surface area contributed by atoms with Crippen molar-refractivity contribution in [2.75, 3.05) is 0 Å². The quantitative estimate of drug-likeness (QED) is 0.854. The van der Waals surface area contributed by atoms with Crippen molar-refractivity contribution in [3.8, 4) is 0 Å². The molecule has 0 atom stereocenters. The third-order valence-electron chi connectivity index (χ3n) is 2.40. The first-order valence-corrected chi connectivity index (χ1v) is 5.14. The molecule has 0 aliphatic heterocycles. The minimum absolute atomic E-state index is 0.266. The molecule has 6 heteroatoms. The first-order chi connectivity index (χ1) is 8.18. The van der Waals surface area contributed by atoms with Gasteiger partial charge in [-0.25, -0.2) is 4.98 Å². The number of hydrogen-bond acceptors (Lipinski definition) is 5. The molecular formula is C11H12N4O2. The first-order valence-electron chi connectivity index (χ1n) is 5.14. The van der Waals surface area contributed by atoms with E-state index in [0.717, 1.165) is 11.3 Å². The molecule has 6 nitrogen and oxygen atoms in total. The summed E-state index contributed by atoms with van der Waals surface area (Å²) in [5, 5.41) is 6.55. The maximum Gasteiger partial charge on any atom is 0.271 e. The molecule has 0 saturated carbocycles. The Labute approximate surface area is 98.1 Å². The number of nitrogens with one attached hydrogen (secondary N) is 1. The van der Waals surface area contributed by atoms with Crippen LogP contribution in [-0.4, -0.2) is 21.0 Å². The van der Waals surface area contributed by atoms with Gasteiger partial charge in [-0.2, -0.15) is 0 Å². The van der Waals surface area contributed by atoms with E-state index >= 15 is 0 Å². The van der Waals surface area contributed by atoms with Crippen LogP contribution in [-0.2, 0) is 6.54 Å². The van der Waals surface area contributed by atoms with E-state index in [-0.39, 0.29) is 5.91 Å². The Hall–Kier alpha value is -2.24. The van der Waals surface area contributed by atoms with E-state index in [4.69, 9.17) is 4.52 Å². The van der Waals surface area contributed by atoms with Crippen molar-refractivity contribution in [2.24, 2.45) is 0 Å². The van der Waals surface area contributed by atoms with Crippen LogP contribution in [0.3, 0.4) is 0 Å². The summed E-state index contributed by atoms with van der Waals surface area (Å²) in [6.07, 6.45) is 4.42. The molecule has 17 heavy (non-hydrogen) atoms. The Bertz CT molecular complexity index is 502. The molecule has 0 bridgehead atoms. The topological polar surface area (TPSA) is 80.9 Å². The number of aryl methyl sites for hydroxylation is 2. The fourth-order valence-electron chi connectivity index (χ4n) is 1.43. The summed E-state index contributed by atoms with van der Waals surface area (Å²) < 4.78 is 5.00. The van der Waals surface area contributed by atoms with Crippen molar-refractivity contribution in [1.82, 2.24) is 20.4 Å². The second-order valence-electron chi connectivity index (χ2n) is 3.58. The molecule has 0 unspecified atom stereocenters. The highest BCUT2D eigenvalue weighted by Crippen LogP contribution is 2.11. The zero-order valence-electron chi connectivity index (χ0n) is 9.60. The number of amides is 1. The number of hydrogen-bond donors (Lipinski definition) is 1. The Balaban J connectivity index is 2.02. The van der Waals surface area contributed by atoms with E-state index in [2.05, 4.69) is 20.4 Å². The van der Waals surface area contributed by atoms with Crippen molar-refractivity contribution in [3.63, 3.8) is 0 Å². The van der Waals surface area contributed by atoms with Crippen LogP contribution in [0.4, 0.5) is 0 Å². The van der Waals surface area contributed by atoms with Crippen LogP contribution in [0.5, 0.6) is 0 Å². The number of aromatic nitrogens is 3. The Morgan fingerprint density at radius 3 is 2.82 bits per heavy atom. The van der Waals surface area contributed by atoms with Crippen LogP contribution in [0.15, 0.2) is 23.1 Å². The average molecular weight is 232 g/mol. The fourth-order valence-corrected chi connectivity index (χ4v) is 1.43. The molecule has 1 N–H and O–H groups in total. The molecule has 88 valence electrons. The summed E-state index contributed by atoms with van der Waals surface area (Å²) in [7, 11) is 0. The first kappa shape index (κ1) is 11.3. The lowest BCUT2D eigenvalue weighted by molar-refractivity contribution is 0.0945. The third-order valence-corrected chi connectivity index (χ3v) is 2.40. The predicted octanol–water partition coefficient (Wildman–Crippen LogP) is 1.01. The van der Waals surface area contributed by atoms with Gasteiger partial charge in [-0.05, 0) is 13.8 Å². The summed E-state index contributed by atoms with van der Waals surface area (Å²) in [6, 6.07) is 0. The van der Waals surface area contributed by atoms with Gasteiger partial charge in [0.05, 0.1) is 11.9 Å². The van der Waals surface area contributed by atoms with Crippen LogP contribution < -0.4 is 5.32 Å². The van der Waals surface area contributed by atoms with Gasteiger partial charge in [0.15, 0.2) is 0 Å². The van der Waals surface area contributed by atoms with E-state index in [0.29, 0.717) is 18.0 Å². The number of carbonyl (C=O) groups is 1. The zero-order valence-corrected chi connectivity index (χ0v) is 9.60. The second kappa shape index (κ2) is 4.73. The monoisotopic (exact) mass is 232 g/mol. The standard InChI is InChI=1S/C11H12N4O2/c1-7-9(8(2)17-15-7)5-14-11(16)10-6-12-3-4-13-10/h3-4,6H,5H2,1-2H3,(H,14,16). The van der Waals surface area contributed by atoms with Crippen LogP contribution in [0.1, 0.15) is 27.5 Å². The van der Waals surface area contributed by atoms with Gasteiger partial charge in [-0.1, -0.05) is 5.16 Å². The number of nitrogens with zero attached hydrogens (tertiary/aromatic N) is 3. The van der Waals surface area contributed by atoms with E-state index in [1.54, 1.807) is 0 Å². The molecule has 0 saturated heterocycles. The van der Waals surface area contributed by atoms with E-state index in [9.17, 15) is 4.79 Å². The van der Waals surface area contributed by atoms with Crippen molar-refractivity contribution in [2.45, 2.75) is 20.4 Å². The van der Waals surface area contributed by atoms with Crippen molar-refractivity contribution in [1.29, 1.82) is 0 Å². The van der Waals surface area contributed by atoms with Crippen LogP contribution >= 0.6 is 0 Å². The van der Waals surface area contributed by atoms with Gasteiger partial charge in [-0.3, -0.25) is 9.78 Å². The molecule has 0 aliphatic carbocycles. The lowest BCUT2D eigenvalue weighted by atomic mass is 10.2. The van der Waals surface area contributed by atoms with Gasteiger partial charge >= 0.3 is 0 Å². The normalized spacial score (nSPS) is 10.2. The van der Waals surface area contributed by atoms with Gasteiger partial charge in [0.25, 0.3) is 5.91 Å². The van der Waals surface area contributed by atoms with Crippen molar-refractivity contribution < 1.29 is 9.32 Å². The minimum Gasteiger partial charge on any atom is -0.361 e. The fraction of sp³-hybridized carbons (Fsp3) is 0.273. The molecule has 0 spiro atoms. The second-order valence-corrected chi connectivity index (χ2v) is 3.58. The zero-order chi connectivity index (χ0) is 12.3. The number of carbonyl (C=O) groups excluding carboxylic acids is 1. The van der Waals surface area contributed by atoms with E-state index < -0.39 is 0 Å². The summed E-state index contributed by atoms with van der Waals surface area (Å²) in [4.78, 5) is 19.4. The predicted molar refractivity (Wildman–Crippen MR) is 59.2 cm³/mol. The van der Waals surface area contributed by atoms with Crippen LogP contribution in [0, 0.1) is 13.8 Å². The highest BCUT2D eigenvalue weighted by atomic mass is 16.5. The Morgan fingerprint density at radius 1 is 1.41 bits per heavy atom. The highest BCUT2D eigenvalue weighted by Gasteiger charge is 2.11. The molecule has 2 aromatic heterocycles. The summed E-state index contributed by atoms with van der Waals surface area (Å²) in [5.41, 5.74) is 1.96. The van der Waals surface area contributed by atoms with Gasteiger partial charge in [0, 0.05) is 24.5 Å². The minimum atomic E-state index is -0.266. The molecule has 0 fully saturated rings. The van der Waals surface area contributed by atoms with Gasteiger partial charge < -0.3 is 9.84 Å². The average Bonchev–Trinajstić information content (AvgIpc) is 2.67. The summed E-state index contributed by atoms with van der Waals surface area (Å²) in [5.74, 6) is 0.444. The van der Waals surface area contributed by atoms with Crippen LogP contribution in [0.25, 0.3) is 0 Å². The van der Waals surface area contributed by atoms with Crippen LogP contribution in [0.2, 0.25) is 0 Å². The molecule has 0 aliphatic rings. The largest absolute Gasteiger partial charge is 0.361 e. The van der Waals surface area contributed by atoms with Gasteiger partial charge in [0.1, 0.15) is 11.5 Å². The molecule has 1 amide bonds. The van der Waals surface area contributed by atoms with Gasteiger partial charge in [0.2, 0.25) is 0 Å². The molecule has 2 rings (SSSR count). The van der Waals surface area contributed by atoms with E-state index in [1.165, 1.54) is 18.6 Å². The lowest BCUT2D eigenvalue weighted by Gasteiger charge is -2.03. The summed E-state index contributed by atoms with van der Waals surface area (Å²) in [6.45, 7) is 4.01. The third kappa shape index (κ3) is 2.47. The Morgan fingerprint density at radius 2 is 2.24 bits per heavy atom. The smallest absolute Gasteiger partial charge is 0.271 e. The highest BCUT2D eigenvalue weighted by molar-refractivity contribution is 5.91. The molecule has 2 heterocycles. The van der Waals surface area contributed by atoms with Gasteiger partial charge in [-0.15, -0.1) is 0 Å². The van der Waals surface area contributed by atoms with Crippen molar-refractivity contribution in [3.05, 3.63) is 41.3 Å². The number of rotatable bonds is 3. The maximum atomic E-state index is 11.7. The Kier molecular flexibility index (Phi) is 3.13. The molecular weight excluding hydrogens is 220 g/mol. The van der Waals surface area contributed by atoms with E-state index in [1.807, 2.05) is 13.8 Å². The molecule has 0 radical (unpaired) electrons. The maximum absolute atomic E-state index is 11.7. The van der Waals surface area contributed by atoms with Crippen molar-refractivity contribution >= 4 is 5.91 Å². The molecule has 0 aromatic carbocycles. The lowest BCUT2D eigenvalue weighted by Crippen LogP contribution is -2.24.